The Hall–Kier alpha value is -2.55. The lowest BCUT2D eigenvalue weighted by Crippen LogP contribution is -2.19. The Morgan fingerprint density at radius 2 is 1.73 bits per heavy atom. The van der Waals surface area contributed by atoms with Gasteiger partial charge in [-0.25, -0.2) is 5.43 Å². The first kappa shape index (κ1) is 25.1. The largest absolute Gasteiger partial charge is 0.493 e. The molecule has 0 aliphatic rings. The second-order valence-corrected chi connectivity index (χ2v) is 8.97. The van der Waals surface area contributed by atoms with Crippen LogP contribution in [0, 0.1) is 0 Å². The number of nitrogens with zero attached hydrogens (tertiary/aromatic N) is 1. The van der Waals surface area contributed by atoms with Gasteiger partial charge in [-0.1, -0.05) is 35.9 Å². The number of hydrazone groups is 1. The van der Waals surface area contributed by atoms with E-state index in [1.807, 2.05) is 36.4 Å². The molecule has 0 unspecified atom stereocenters. The molecule has 0 spiro atoms. The number of halogens is 3. The zero-order valence-electron chi connectivity index (χ0n) is 17.9. The number of ether oxygens (including phenoxy) is 3. The molecule has 6 nitrogen and oxygen atoms in total. The normalized spacial score (nSPS) is 10.8. The summed E-state index contributed by atoms with van der Waals surface area (Å²) in [5.41, 5.74) is 4.98. The Bertz CT molecular complexity index is 1150. The molecule has 0 atom stereocenters. The standard InChI is InChI=1S/C24H21Br2ClN2O4/c1-31-21-8-7-15(11-22(21)32-2)12-23(30)29-28-13-16-9-18(25)24(19(26)10-16)33-14-17-5-3-4-6-20(17)27/h3-11,13H,12,14H2,1-2H3,(H,29,30)/b28-13+. The Kier molecular flexibility index (Phi) is 9.17. The SMILES string of the molecule is COc1ccc(CC(=O)N/N=C/c2cc(Br)c(OCc3ccccc3Cl)c(Br)c2)cc1OC. The van der Waals surface area contributed by atoms with E-state index in [1.165, 1.54) is 0 Å². The van der Waals surface area contributed by atoms with E-state index in [2.05, 4.69) is 42.4 Å². The van der Waals surface area contributed by atoms with E-state index in [9.17, 15) is 4.79 Å². The predicted octanol–water partition coefficient (Wildman–Crippen LogP) is 6.15. The Morgan fingerprint density at radius 1 is 1.03 bits per heavy atom. The summed E-state index contributed by atoms with van der Waals surface area (Å²) in [6, 6.07) is 16.5. The maximum atomic E-state index is 12.2. The first-order valence-electron chi connectivity index (χ1n) is 9.79. The average molecular weight is 597 g/mol. The summed E-state index contributed by atoms with van der Waals surface area (Å²) in [6.07, 6.45) is 1.71. The Balaban J connectivity index is 1.60. The molecule has 9 heteroatoms. The van der Waals surface area contributed by atoms with Crippen LogP contribution in [0.1, 0.15) is 16.7 Å². The fourth-order valence-corrected chi connectivity index (χ4v) is 4.59. The van der Waals surface area contributed by atoms with Crippen molar-refractivity contribution in [3.63, 3.8) is 0 Å². The number of methoxy groups -OCH3 is 2. The molecule has 3 aromatic carbocycles. The highest BCUT2D eigenvalue weighted by Gasteiger charge is 2.11. The van der Waals surface area contributed by atoms with Gasteiger partial charge in [0.2, 0.25) is 5.91 Å². The van der Waals surface area contributed by atoms with Gasteiger partial charge in [-0.2, -0.15) is 5.10 Å². The Labute approximate surface area is 214 Å². The number of amides is 1. The number of nitrogens with one attached hydrogen (secondary N) is 1. The number of carbonyl (C=O) groups is 1. The van der Waals surface area contributed by atoms with Crippen molar-refractivity contribution in [3.05, 3.63) is 85.3 Å². The molecule has 0 aliphatic heterocycles. The number of benzene rings is 3. The molecule has 0 aliphatic carbocycles. The topological polar surface area (TPSA) is 69.2 Å². The van der Waals surface area contributed by atoms with Crippen molar-refractivity contribution in [1.29, 1.82) is 0 Å². The first-order chi connectivity index (χ1) is 15.9. The number of rotatable bonds is 9. The predicted molar refractivity (Wildman–Crippen MR) is 137 cm³/mol. The fourth-order valence-electron chi connectivity index (χ4n) is 2.95. The van der Waals surface area contributed by atoms with Crippen LogP contribution in [0.5, 0.6) is 17.2 Å². The summed E-state index contributed by atoms with van der Waals surface area (Å²) >= 11 is 13.2. The molecule has 0 fully saturated rings. The lowest BCUT2D eigenvalue weighted by molar-refractivity contribution is -0.120. The number of carbonyl (C=O) groups excluding carboxylic acids is 1. The molecule has 0 saturated heterocycles. The molecule has 33 heavy (non-hydrogen) atoms. The zero-order chi connectivity index (χ0) is 23.8. The summed E-state index contributed by atoms with van der Waals surface area (Å²) in [7, 11) is 3.11. The van der Waals surface area contributed by atoms with E-state index in [4.69, 9.17) is 25.8 Å². The molecular formula is C24H21Br2ClN2O4. The number of hydrogen-bond acceptors (Lipinski definition) is 5. The van der Waals surface area contributed by atoms with Gasteiger partial charge in [0.05, 0.1) is 35.8 Å². The monoisotopic (exact) mass is 594 g/mol. The first-order valence-corrected chi connectivity index (χ1v) is 11.8. The third kappa shape index (κ3) is 6.96. The van der Waals surface area contributed by atoms with Crippen LogP contribution in [-0.4, -0.2) is 26.3 Å². The minimum atomic E-state index is -0.253. The van der Waals surface area contributed by atoms with E-state index in [-0.39, 0.29) is 12.3 Å². The van der Waals surface area contributed by atoms with E-state index < -0.39 is 0 Å². The molecule has 1 N–H and O–H groups in total. The van der Waals surface area contributed by atoms with Crippen LogP contribution < -0.4 is 19.6 Å². The minimum absolute atomic E-state index is 0.153. The molecule has 0 heterocycles. The van der Waals surface area contributed by atoms with Gasteiger partial charge in [0.25, 0.3) is 0 Å². The van der Waals surface area contributed by atoms with E-state index in [1.54, 1.807) is 38.6 Å². The average Bonchev–Trinajstić information content (AvgIpc) is 2.79. The molecule has 0 aromatic heterocycles. The molecule has 172 valence electrons. The van der Waals surface area contributed by atoms with Crippen LogP contribution in [0.15, 0.2) is 68.6 Å². The van der Waals surface area contributed by atoms with Crippen LogP contribution in [0.4, 0.5) is 0 Å². The van der Waals surface area contributed by atoms with Gasteiger partial charge in [0, 0.05) is 10.6 Å². The second-order valence-electron chi connectivity index (χ2n) is 6.85. The van der Waals surface area contributed by atoms with Crippen LogP contribution in [0.25, 0.3) is 0 Å². The third-order valence-corrected chi connectivity index (χ3v) is 6.11. The Morgan fingerprint density at radius 3 is 2.39 bits per heavy atom. The van der Waals surface area contributed by atoms with E-state index in [0.29, 0.717) is 28.9 Å². The third-order valence-electron chi connectivity index (χ3n) is 4.57. The van der Waals surface area contributed by atoms with Crippen LogP contribution >= 0.6 is 43.5 Å². The van der Waals surface area contributed by atoms with Crippen molar-refractivity contribution < 1.29 is 19.0 Å². The van der Waals surface area contributed by atoms with E-state index in [0.717, 1.165) is 25.6 Å². The van der Waals surface area contributed by atoms with Crippen molar-refractivity contribution in [1.82, 2.24) is 5.43 Å². The highest BCUT2D eigenvalue weighted by atomic mass is 79.9. The lowest BCUT2D eigenvalue weighted by atomic mass is 10.1. The molecular weight excluding hydrogens is 576 g/mol. The van der Waals surface area contributed by atoms with Gasteiger partial charge >= 0.3 is 0 Å². The summed E-state index contributed by atoms with van der Waals surface area (Å²) in [5, 5.41) is 4.70. The van der Waals surface area contributed by atoms with Crippen molar-refractivity contribution in [2.45, 2.75) is 13.0 Å². The molecule has 0 saturated carbocycles. The molecule has 0 bridgehead atoms. The minimum Gasteiger partial charge on any atom is -0.493 e. The lowest BCUT2D eigenvalue weighted by Gasteiger charge is -2.12. The summed E-state index contributed by atoms with van der Waals surface area (Å²) < 4.78 is 17.9. The fraction of sp³-hybridized carbons (Fsp3) is 0.167. The van der Waals surface area contributed by atoms with Gasteiger partial charge in [-0.05, 0) is 73.3 Å². The molecule has 3 rings (SSSR count). The quantitative estimate of drug-likeness (QED) is 0.238. The van der Waals surface area contributed by atoms with Crippen LogP contribution in [0.3, 0.4) is 0 Å². The van der Waals surface area contributed by atoms with Crippen molar-refractivity contribution >= 4 is 55.6 Å². The molecule has 1 amide bonds. The van der Waals surface area contributed by atoms with Gasteiger partial charge in [0.1, 0.15) is 12.4 Å². The van der Waals surface area contributed by atoms with Crippen LogP contribution in [0.2, 0.25) is 5.02 Å². The van der Waals surface area contributed by atoms with Crippen molar-refractivity contribution in [2.24, 2.45) is 5.10 Å². The van der Waals surface area contributed by atoms with E-state index >= 15 is 0 Å². The van der Waals surface area contributed by atoms with Crippen LogP contribution in [-0.2, 0) is 17.8 Å². The highest BCUT2D eigenvalue weighted by molar-refractivity contribution is 9.11. The number of hydrogen-bond donors (Lipinski definition) is 1. The maximum absolute atomic E-state index is 12.2. The van der Waals surface area contributed by atoms with Gasteiger partial charge < -0.3 is 14.2 Å². The van der Waals surface area contributed by atoms with Gasteiger partial charge in [-0.3, -0.25) is 4.79 Å². The molecule has 3 aromatic rings. The summed E-state index contributed by atoms with van der Waals surface area (Å²) in [6.45, 7) is 0.330. The second kappa shape index (κ2) is 12.1. The highest BCUT2D eigenvalue weighted by Crippen LogP contribution is 2.35. The molecule has 0 radical (unpaired) electrons. The van der Waals surface area contributed by atoms with Gasteiger partial charge in [-0.15, -0.1) is 0 Å². The van der Waals surface area contributed by atoms with Gasteiger partial charge in [0.15, 0.2) is 11.5 Å². The zero-order valence-corrected chi connectivity index (χ0v) is 21.8. The maximum Gasteiger partial charge on any atom is 0.244 e. The summed E-state index contributed by atoms with van der Waals surface area (Å²) in [4.78, 5) is 12.2. The van der Waals surface area contributed by atoms with Crippen molar-refractivity contribution in [3.8, 4) is 17.2 Å². The smallest absolute Gasteiger partial charge is 0.244 e. The summed E-state index contributed by atoms with van der Waals surface area (Å²) in [5.74, 6) is 1.56. The van der Waals surface area contributed by atoms with Crippen molar-refractivity contribution in [2.75, 3.05) is 14.2 Å².